The molecule has 1 amide bonds. The number of fused-ring (bicyclic) bond motifs is 10. The van der Waals surface area contributed by atoms with E-state index in [2.05, 4.69) is 63.1 Å². The summed E-state index contributed by atoms with van der Waals surface area (Å²) in [6.45, 7) is 15.5. The first-order valence-corrected chi connectivity index (χ1v) is 19.2. The Morgan fingerprint density at radius 1 is 0.723 bits per heavy atom. The van der Waals surface area contributed by atoms with Crippen LogP contribution in [-0.2, 0) is 14.4 Å². The second-order valence-electron chi connectivity index (χ2n) is 18.1. The average Bonchev–Trinajstić information content (AvgIpc) is 3.58. The molecule has 0 aromatic carbocycles. The number of aliphatic carboxylic acids is 1. The third-order valence-electron chi connectivity index (χ3n) is 16.5. The molecule has 6 fully saturated rings. The van der Waals surface area contributed by atoms with Crippen LogP contribution in [0.5, 0.6) is 0 Å². The lowest BCUT2D eigenvalue weighted by molar-refractivity contribution is -0.149. The largest absolute Gasteiger partial charge is 0.481 e. The smallest absolute Gasteiger partial charge is 0.307 e. The zero-order valence-electron chi connectivity index (χ0n) is 29.7. The average molecular weight is 645 g/mol. The molecule has 258 valence electrons. The summed E-state index contributed by atoms with van der Waals surface area (Å²) >= 11 is 0. The topological polar surface area (TPSA) is 95.5 Å². The van der Waals surface area contributed by atoms with Gasteiger partial charge in [0.2, 0.25) is 5.91 Å². The van der Waals surface area contributed by atoms with Gasteiger partial charge < -0.3 is 15.7 Å². The van der Waals surface area contributed by atoms with Gasteiger partial charge in [-0.3, -0.25) is 14.4 Å². The Morgan fingerprint density at radius 2 is 1.23 bits per heavy atom. The van der Waals surface area contributed by atoms with E-state index < -0.39 is 5.97 Å². The molecule has 6 nitrogen and oxygen atoms in total. The van der Waals surface area contributed by atoms with Gasteiger partial charge in [0.25, 0.3) is 0 Å². The minimum atomic E-state index is -0.566. The fourth-order valence-electron chi connectivity index (χ4n) is 13.9. The van der Waals surface area contributed by atoms with Crippen LogP contribution in [0.1, 0.15) is 118 Å². The summed E-state index contributed by atoms with van der Waals surface area (Å²) in [6, 6.07) is 0.803. The standard InChI is InChI=1S/C21H31NO2.C20H29NO2/c1-4-17(23)16-7-6-14-13-5-8-18-21(3,12-10-19(24)22-18)15(13)9-11-20(14,16)2;1-12-8-10-20(3)15-9-11-19(2)14(5-6-16(19)18(22)23)13(15)4-7-17(20)21-12/h10,12-16,18H,4-9,11H2,1-3H3,(H,22,24);8,10,13-17,21H,1,4-7,9,11H2,2-3H3,(H,22,23)/t13-,14-,15-,16+,18+,20-,21+;13-,14-,15-,16+,17+,19-,20+/m00/s1. The lowest BCUT2D eigenvalue weighted by atomic mass is 9.47. The number of carbonyl (C=O) groups is 3. The minimum absolute atomic E-state index is 0.0194. The van der Waals surface area contributed by atoms with Crippen LogP contribution in [0, 0.1) is 69.0 Å². The van der Waals surface area contributed by atoms with E-state index in [1.807, 2.05) is 6.92 Å². The van der Waals surface area contributed by atoms with E-state index in [1.54, 1.807) is 6.08 Å². The molecule has 6 aliphatic carbocycles. The van der Waals surface area contributed by atoms with E-state index >= 15 is 0 Å². The number of ketones is 1. The Bertz CT molecular complexity index is 1380. The van der Waals surface area contributed by atoms with E-state index in [1.165, 1.54) is 44.9 Å². The van der Waals surface area contributed by atoms with Gasteiger partial charge in [-0.05, 0) is 136 Å². The number of carboxylic acids is 1. The van der Waals surface area contributed by atoms with Crippen molar-refractivity contribution in [3.63, 3.8) is 0 Å². The van der Waals surface area contributed by atoms with Crippen molar-refractivity contribution in [1.29, 1.82) is 0 Å². The van der Waals surface area contributed by atoms with E-state index in [0.29, 0.717) is 59.8 Å². The number of Topliss-reactive ketones (excluding diaryl/α,β-unsaturated/α-hetero) is 1. The van der Waals surface area contributed by atoms with Crippen LogP contribution in [0.25, 0.3) is 0 Å². The SMILES string of the molecule is C=C1C=C[C@@]2(C)[C@@H](CC[C@@H]3[C@@H]2CC[C@]2(C)[C@@H](C(=O)O)CC[C@@H]32)N1.CCC(=O)[C@H]1CC[C@H]2[C@@H]3CC[C@H]4NC(=O)C=C[C@]4(C)[C@H]3CC[C@]12C. The van der Waals surface area contributed by atoms with Gasteiger partial charge in [0.1, 0.15) is 5.78 Å². The highest BCUT2D eigenvalue weighted by Crippen LogP contribution is 2.66. The van der Waals surface area contributed by atoms with Crippen molar-refractivity contribution >= 4 is 17.7 Å². The maximum atomic E-state index is 12.5. The fourth-order valence-corrected chi connectivity index (χ4v) is 13.9. The van der Waals surface area contributed by atoms with Crippen molar-refractivity contribution in [3.8, 4) is 0 Å². The summed E-state index contributed by atoms with van der Waals surface area (Å²) in [5.41, 5.74) is 1.58. The highest BCUT2D eigenvalue weighted by molar-refractivity contribution is 5.89. The number of nitrogens with one attached hydrogen (secondary N) is 2. The van der Waals surface area contributed by atoms with Gasteiger partial charge >= 0.3 is 5.97 Å². The molecular weight excluding hydrogens is 584 g/mol. The van der Waals surface area contributed by atoms with Gasteiger partial charge in [0, 0.05) is 40.9 Å². The van der Waals surface area contributed by atoms with E-state index in [9.17, 15) is 19.5 Å². The first-order chi connectivity index (χ1) is 22.3. The molecule has 6 heteroatoms. The molecule has 3 N–H and O–H groups in total. The first-order valence-electron chi connectivity index (χ1n) is 19.2. The molecule has 0 saturated heterocycles. The molecule has 0 aromatic heterocycles. The molecule has 2 heterocycles. The minimum Gasteiger partial charge on any atom is -0.481 e. The Hall–Kier alpha value is -2.37. The van der Waals surface area contributed by atoms with E-state index in [0.717, 1.165) is 43.7 Å². The highest BCUT2D eigenvalue weighted by atomic mass is 16.4. The second kappa shape index (κ2) is 11.6. The van der Waals surface area contributed by atoms with Crippen molar-refractivity contribution in [1.82, 2.24) is 10.6 Å². The van der Waals surface area contributed by atoms with Gasteiger partial charge in [0.15, 0.2) is 0 Å². The van der Waals surface area contributed by atoms with Gasteiger partial charge in [-0.25, -0.2) is 0 Å². The summed E-state index contributed by atoms with van der Waals surface area (Å²) in [4.78, 5) is 36.0. The summed E-state index contributed by atoms with van der Waals surface area (Å²) < 4.78 is 0. The fraction of sp³-hybridized carbons (Fsp3) is 0.780. The highest BCUT2D eigenvalue weighted by Gasteiger charge is 2.62. The predicted octanol–water partition coefficient (Wildman–Crippen LogP) is 7.85. The van der Waals surface area contributed by atoms with Gasteiger partial charge in [-0.15, -0.1) is 0 Å². The van der Waals surface area contributed by atoms with Crippen molar-refractivity contribution in [2.24, 2.45) is 69.0 Å². The number of carbonyl (C=O) groups excluding carboxylic acids is 2. The number of rotatable bonds is 3. The summed E-state index contributed by atoms with van der Waals surface area (Å²) in [5.74, 6) is 4.21. The zero-order valence-corrected chi connectivity index (χ0v) is 29.7. The molecule has 0 aromatic rings. The summed E-state index contributed by atoms with van der Waals surface area (Å²) in [5, 5.41) is 16.5. The molecule has 0 spiro atoms. The number of carboxylic acid groups (broad SMARTS) is 1. The second-order valence-corrected chi connectivity index (χ2v) is 18.1. The van der Waals surface area contributed by atoms with Crippen LogP contribution in [0.4, 0.5) is 0 Å². The Labute approximate surface area is 283 Å². The monoisotopic (exact) mass is 644 g/mol. The van der Waals surface area contributed by atoms with Crippen molar-refractivity contribution in [2.45, 2.75) is 130 Å². The van der Waals surface area contributed by atoms with E-state index in [-0.39, 0.29) is 33.5 Å². The molecule has 14 atom stereocenters. The zero-order chi connectivity index (χ0) is 33.5. The molecule has 0 unspecified atom stereocenters. The Morgan fingerprint density at radius 3 is 1.79 bits per heavy atom. The summed E-state index contributed by atoms with van der Waals surface area (Å²) in [7, 11) is 0. The van der Waals surface area contributed by atoms with E-state index in [4.69, 9.17) is 0 Å². The summed E-state index contributed by atoms with van der Waals surface area (Å²) in [6.07, 6.45) is 22.9. The molecular formula is C41H60N2O4. The molecule has 0 bridgehead atoms. The molecule has 6 saturated carbocycles. The molecule has 8 aliphatic rings. The number of allylic oxidation sites excluding steroid dienone is 1. The van der Waals surface area contributed by atoms with Crippen LogP contribution in [0.2, 0.25) is 0 Å². The lowest BCUT2D eigenvalue weighted by Gasteiger charge is -2.59. The number of hydrogen-bond acceptors (Lipinski definition) is 4. The third-order valence-corrected chi connectivity index (χ3v) is 16.5. The maximum absolute atomic E-state index is 12.5. The van der Waals surface area contributed by atoms with Gasteiger partial charge in [-0.1, -0.05) is 53.3 Å². The van der Waals surface area contributed by atoms with Crippen LogP contribution >= 0.6 is 0 Å². The van der Waals surface area contributed by atoms with Crippen LogP contribution < -0.4 is 10.6 Å². The van der Waals surface area contributed by atoms with Gasteiger partial charge in [0.05, 0.1) is 5.92 Å². The van der Waals surface area contributed by atoms with Crippen LogP contribution in [-0.4, -0.2) is 34.8 Å². The molecule has 47 heavy (non-hydrogen) atoms. The lowest BCUT2D eigenvalue weighted by Crippen LogP contribution is -2.59. The first kappa shape index (κ1) is 33.1. The maximum Gasteiger partial charge on any atom is 0.307 e. The normalized spacial score (nSPS) is 50.6. The van der Waals surface area contributed by atoms with Crippen molar-refractivity contribution in [2.75, 3.05) is 0 Å². The Kier molecular flexibility index (Phi) is 8.19. The third kappa shape index (κ3) is 4.95. The van der Waals surface area contributed by atoms with Crippen LogP contribution in [0.15, 0.2) is 36.6 Å². The van der Waals surface area contributed by atoms with Crippen LogP contribution in [0.3, 0.4) is 0 Å². The van der Waals surface area contributed by atoms with Gasteiger partial charge in [-0.2, -0.15) is 0 Å². The molecule has 8 rings (SSSR count). The number of amides is 1. The number of hydrogen-bond donors (Lipinski definition) is 3. The predicted molar refractivity (Wildman–Crippen MR) is 185 cm³/mol. The molecule has 0 radical (unpaired) electrons. The van der Waals surface area contributed by atoms with Crippen molar-refractivity contribution in [3.05, 3.63) is 36.6 Å². The molecule has 2 aliphatic heterocycles. The quantitative estimate of drug-likeness (QED) is 0.291. The van der Waals surface area contributed by atoms with Crippen molar-refractivity contribution < 1.29 is 19.5 Å². The Balaban J connectivity index is 0.000000150.